The van der Waals surface area contributed by atoms with Crippen molar-refractivity contribution in [1.29, 1.82) is 0 Å². The van der Waals surface area contributed by atoms with E-state index in [2.05, 4.69) is 294 Å². The molecule has 0 spiro atoms. The van der Waals surface area contributed by atoms with Crippen molar-refractivity contribution in [3.8, 4) is 44.5 Å². The average Bonchev–Trinajstić information content (AvgIpc) is 3.73. The number of rotatable bonds is 5. The van der Waals surface area contributed by atoms with Crippen LogP contribution in [0.3, 0.4) is 0 Å². The van der Waals surface area contributed by atoms with Crippen LogP contribution in [0.25, 0.3) is 76.8 Å². The molecule has 2 nitrogen and oxygen atoms in total. The lowest BCUT2D eigenvalue weighted by molar-refractivity contribution is 0.632. The fourth-order valence-electron chi connectivity index (χ4n) is 14.2. The zero-order valence-electron chi connectivity index (χ0n) is 44.5. The predicted octanol–water partition coefficient (Wildman–Crippen LogP) is 20.7. The highest BCUT2D eigenvalue weighted by atomic mass is 15.2. The lowest BCUT2D eigenvalue weighted by atomic mass is 9.73. The number of hydrogen-bond donors (Lipinski definition) is 0. The Morgan fingerprint density at radius 2 is 0.649 bits per heavy atom. The second kappa shape index (κ2) is 16.5. The minimum absolute atomic E-state index is 0.180. The summed E-state index contributed by atoms with van der Waals surface area (Å²) < 4.78 is 0. The maximum Gasteiger partial charge on any atom is 0.0502 e. The quantitative estimate of drug-likeness (QED) is 0.159. The molecule has 368 valence electrons. The Morgan fingerprint density at radius 3 is 1.22 bits per heavy atom. The van der Waals surface area contributed by atoms with E-state index in [0.29, 0.717) is 0 Å². The van der Waals surface area contributed by atoms with Gasteiger partial charge >= 0.3 is 0 Å². The largest absolute Gasteiger partial charge is 0.310 e. The standard InChI is InChI=1S/C75H58N2/c1-73(2)61-29-12-11-26-54(61)55-41-38-48(44-66(55)73)71-57-42-39-50(77-69-36-19-15-32-64(69)75(5,6)65-33-16-20-37-70(65)77)46-60(57)72(56-27-10-9-25-53(56)52-28-21-23-47-22-7-8-24-51(47)52)58-43-40-49(45-59(58)71)76-67-34-17-13-30-62(67)74(3,4)63-31-14-18-35-68(63)76/h7-46H,1-6H3. The third-order valence-electron chi connectivity index (χ3n) is 18.0. The Bertz CT molecular complexity index is 4350. The number of anilines is 6. The van der Waals surface area contributed by atoms with Crippen LogP contribution >= 0.6 is 0 Å². The number of nitrogens with zero attached hydrogens (tertiary/aromatic N) is 2. The fraction of sp³-hybridized carbons (Fsp3) is 0.120. The van der Waals surface area contributed by atoms with Crippen LogP contribution in [0.1, 0.15) is 74.9 Å². The zero-order chi connectivity index (χ0) is 52.0. The number of benzene rings is 12. The van der Waals surface area contributed by atoms with Gasteiger partial charge in [-0.05, 0) is 165 Å². The second-order valence-corrected chi connectivity index (χ2v) is 23.2. The molecule has 0 amide bonds. The van der Waals surface area contributed by atoms with Gasteiger partial charge in [-0.15, -0.1) is 0 Å². The number of para-hydroxylation sites is 4. The van der Waals surface area contributed by atoms with Gasteiger partial charge in [0.25, 0.3) is 0 Å². The molecule has 0 unspecified atom stereocenters. The first-order valence-corrected chi connectivity index (χ1v) is 27.3. The molecule has 0 fully saturated rings. The molecule has 2 aliphatic heterocycles. The molecule has 0 atom stereocenters. The minimum atomic E-state index is -0.184. The molecule has 3 aliphatic rings. The van der Waals surface area contributed by atoms with Gasteiger partial charge in [0.2, 0.25) is 0 Å². The molecule has 12 aromatic rings. The summed E-state index contributed by atoms with van der Waals surface area (Å²) in [7, 11) is 0. The van der Waals surface area contributed by atoms with Crippen LogP contribution in [0.5, 0.6) is 0 Å². The van der Waals surface area contributed by atoms with Crippen molar-refractivity contribution in [2.45, 2.75) is 57.8 Å². The van der Waals surface area contributed by atoms with Gasteiger partial charge < -0.3 is 9.80 Å². The van der Waals surface area contributed by atoms with Gasteiger partial charge in [0.15, 0.2) is 0 Å². The average molecular weight is 987 g/mol. The summed E-state index contributed by atoms with van der Waals surface area (Å²) in [6.45, 7) is 14.3. The molecule has 12 aromatic carbocycles. The Kier molecular flexibility index (Phi) is 9.74. The summed E-state index contributed by atoms with van der Waals surface area (Å²) in [5, 5.41) is 7.33. The van der Waals surface area contributed by atoms with Crippen molar-refractivity contribution in [2.75, 3.05) is 9.80 Å². The molecular formula is C75H58N2. The van der Waals surface area contributed by atoms with E-state index in [1.54, 1.807) is 0 Å². The summed E-state index contributed by atoms with van der Waals surface area (Å²) in [6, 6.07) is 91.9. The molecule has 0 saturated carbocycles. The third-order valence-corrected chi connectivity index (χ3v) is 18.0. The Labute approximate surface area is 452 Å². The van der Waals surface area contributed by atoms with Gasteiger partial charge in [0.1, 0.15) is 0 Å². The van der Waals surface area contributed by atoms with Crippen LogP contribution in [-0.4, -0.2) is 0 Å². The highest BCUT2D eigenvalue weighted by Crippen LogP contribution is 2.57. The lowest BCUT2D eigenvalue weighted by Gasteiger charge is -2.42. The fourth-order valence-corrected chi connectivity index (χ4v) is 14.2. The van der Waals surface area contributed by atoms with E-state index in [1.807, 2.05) is 0 Å². The van der Waals surface area contributed by atoms with Crippen LogP contribution < -0.4 is 9.80 Å². The van der Waals surface area contributed by atoms with Crippen LogP contribution in [0.4, 0.5) is 34.1 Å². The topological polar surface area (TPSA) is 6.48 Å². The maximum atomic E-state index is 2.53. The molecule has 0 saturated heterocycles. The molecule has 15 rings (SSSR count). The van der Waals surface area contributed by atoms with Crippen LogP contribution in [-0.2, 0) is 16.2 Å². The van der Waals surface area contributed by atoms with Gasteiger partial charge in [-0.25, -0.2) is 0 Å². The summed E-state index contributed by atoms with van der Waals surface area (Å²) >= 11 is 0. The highest BCUT2D eigenvalue weighted by Gasteiger charge is 2.40. The number of fused-ring (bicyclic) bond motifs is 10. The Balaban J connectivity index is 1.08. The van der Waals surface area contributed by atoms with Crippen LogP contribution in [0.15, 0.2) is 243 Å². The van der Waals surface area contributed by atoms with Gasteiger partial charge in [0, 0.05) is 27.6 Å². The summed E-state index contributed by atoms with van der Waals surface area (Å²) in [5.41, 5.74) is 24.6. The Morgan fingerprint density at radius 1 is 0.247 bits per heavy atom. The summed E-state index contributed by atoms with van der Waals surface area (Å²) in [4.78, 5) is 5.04. The molecule has 0 aromatic heterocycles. The lowest BCUT2D eigenvalue weighted by Crippen LogP contribution is -2.30. The molecule has 0 bridgehead atoms. The molecule has 2 heterocycles. The normalized spacial score (nSPS) is 15.1. The van der Waals surface area contributed by atoms with Crippen molar-refractivity contribution < 1.29 is 0 Å². The van der Waals surface area contributed by atoms with E-state index in [9.17, 15) is 0 Å². The molecule has 0 radical (unpaired) electrons. The maximum absolute atomic E-state index is 2.53. The Hall–Kier alpha value is -8.98. The summed E-state index contributed by atoms with van der Waals surface area (Å²) in [6.07, 6.45) is 0. The van der Waals surface area contributed by atoms with Crippen molar-refractivity contribution in [3.05, 3.63) is 276 Å². The van der Waals surface area contributed by atoms with E-state index in [4.69, 9.17) is 0 Å². The predicted molar refractivity (Wildman–Crippen MR) is 326 cm³/mol. The van der Waals surface area contributed by atoms with Gasteiger partial charge in [-0.3, -0.25) is 0 Å². The van der Waals surface area contributed by atoms with E-state index in [0.717, 1.165) is 11.4 Å². The van der Waals surface area contributed by atoms with Crippen LogP contribution in [0.2, 0.25) is 0 Å². The first-order valence-electron chi connectivity index (χ1n) is 27.3. The van der Waals surface area contributed by atoms with Gasteiger partial charge in [-0.1, -0.05) is 230 Å². The molecule has 0 N–H and O–H groups in total. The van der Waals surface area contributed by atoms with Crippen molar-refractivity contribution in [3.63, 3.8) is 0 Å². The van der Waals surface area contributed by atoms with Gasteiger partial charge in [0.05, 0.1) is 22.7 Å². The second-order valence-electron chi connectivity index (χ2n) is 23.2. The highest BCUT2D eigenvalue weighted by molar-refractivity contribution is 6.24. The van der Waals surface area contributed by atoms with Gasteiger partial charge in [-0.2, -0.15) is 0 Å². The molecule has 77 heavy (non-hydrogen) atoms. The van der Waals surface area contributed by atoms with Crippen molar-refractivity contribution in [1.82, 2.24) is 0 Å². The first-order chi connectivity index (χ1) is 37.5. The zero-order valence-corrected chi connectivity index (χ0v) is 44.5. The number of hydrogen-bond acceptors (Lipinski definition) is 2. The van der Waals surface area contributed by atoms with Crippen molar-refractivity contribution in [2.24, 2.45) is 0 Å². The van der Waals surface area contributed by atoms with E-state index in [-0.39, 0.29) is 16.2 Å². The minimum Gasteiger partial charge on any atom is -0.310 e. The van der Waals surface area contributed by atoms with E-state index in [1.165, 1.54) is 133 Å². The molecule has 1 aliphatic carbocycles. The third kappa shape index (κ3) is 6.49. The SMILES string of the molecule is CC1(C)c2ccccc2-c2ccc(-c3c4cc(N5c6ccccc6C(C)(C)c6ccccc65)ccc4c(-c4ccccc4-c4cccc5ccccc45)c4cc(N5c6ccccc6C(C)(C)c6ccccc65)ccc34)cc21. The first kappa shape index (κ1) is 45.4. The monoisotopic (exact) mass is 986 g/mol. The van der Waals surface area contributed by atoms with E-state index >= 15 is 0 Å². The van der Waals surface area contributed by atoms with Crippen LogP contribution in [0, 0.1) is 0 Å². The summed E-state index contributed by atoms with van der Waals surface area (Å²) in [5.74, 6) is 0. The molecule has 2 heteroatoms. The molecular weight excluding hydrogens is 929 g/mol. The van der Waals surface area contributed by atoms with E-state index < -0.39 is 0 Å². The smallest absolute Gasteiger partial charge is 0.0502 e. The van der Waals surface area contributed by atoms with Crippen molar-refractivity contribution >= 4 is 66.4 Å².